The van der Waals surface area contributed by atoms with Crippen molar-refractivity contribution in [3.8, 4) is 0 Å². The molecule has 2 rings (SSSR count). The number of benzene rings is 1. The number of ether oxygens (including phenoxy) is 2. The Balaban J connectivity index is 0.00000544. The summed E-state index contributed by atoms with van der Waals surface area (Å²) in [5.41, 5.74) is 1.67. The van der Waals surface area contributed by atoms with Crippen LogP contribution in [0, 0.1) is 5.92 Å². The lowest BCUT2D eigenvalue weighted by Gasteiger charge is -2.21. The van der Waals surface area contributed by atoms with Crippen LogP contribution >= 0.6 is 24.0 Å². The van der Waals surface area contributed by atoms with Crippen LogP contribution < -0.4 is 16.0 Å². The number of likely N-dealkylation sites (N-methyl/N-ethyl adjacent to an activating group) is 1. The fourth-order valence-electron chi connectivity index (χ4n) is 3.36. The molecule has 8 nitrogen and oxygen atoms in total. The maximum absolute atomic E-state index is 12.3. The molecule has 0 aromatic heterocycles. The van der Waals surface area contributed by atoms with E-state index in [0.717, 1.165) is 76.8 Å². The minimum absolute atomic E-state index is 0. The smallest absolute Gasteiger partial charge is 0.251 e. The number of nitrogens with one attached hydrogen (secondary N) is 3. The zero-order valence-corrected chi connectivity index (χ0v) is 22.7. The van der Waals surface area contributed by atoms with Crippen molar-refractivity contribution in [2.45, 2.75) is 32.7 Å². The Morgan fingerprint density at radius 2 is 1.97 bits per heavy atom. The average molecular weight is 576 g/mol. The Kier molecular flexibility index (Phi) is 16.1. The highest BCUT2D eigenvalue weighted by molar-refractivity contribution is 14.0. The summed E-state index contributed by atoms with van der Waals surface area (Å²) < 4.78 is 11.2. The highest BCUT2D eigenvalue weighted by Crippen LogP contribution is 2.14. The Hall–Kier alpha value is -1.43. The number of hydrogen-bond acceptors (Lipinski definition) is 5. The van der Waals surface area contributed by atoms with Gasteiger partial charge in [-0.3, -0.25) is 4.79 Å². The summed E-state index contributed by atoms with van der Waals surface area (Å²) >= 11 is 0. The number of carbonyl (C=O) groups excluding carboxylic acids is 1. The molecule has 0 bridgehead atoms. The van der Waals surface area contributed by atoms with Crippen molar-refractivity contribution in [1.29, 1.82) is 0 Å². The lowest BCUT2D eigenvalue weighted by Crippen LogP contribution is -2.38. The van der Waals surface area contributed by atoms with Crippen LogP contribution in [0.3, 0.4) is 0 Å². The van der Waals surface area contributed by atoms with Crippen molar-refractivity contribution in [3.63, 3.8) is 0 Å². The first-order valence-electron chi connectivity index (χ1n) is 11.8. The molecule has 1 amide bonds. The van der Waals surface area contributed by atoms with Gasteiger partial charge in [-0.15, -0.1) is 24.0 Å². The fourth-order valence-corrected chi connectivity index (χ4v) is 3.36. The monoisotopic (exact) mass is 575 g/mol. The minimum Gasteiger partial charge on any atom is -0.381 e. The first-order chi connectivity index (χ1) is 15.6. The zero-order chi connectivity index (χ0) is 23.0. The third-order valence-corrected chi connectivity index (χ3v) is 5.25. The maximum Gasteiger partial charge on any atom is 0.251 e. The summed E-state index contributed by atoms with van der Waals surface area (Å²) in [5, 5.41) is 9.58. The van der Waals surface area contributed by atoms with Crippen LogP contribution in [0.2, 0.25) is 0 Å². The number of carbonyl (C=O) groups is 1. The quantitative estimate of drug-likeness (QED) is 0.145. The van der Waals surface area contributed by atoms with Gasteiger partial charge in [0.25, 0.3) is 5.91 Å². The number of halogens is 1. The standard InChI is InChI=1S/C24H41N5O3.HI/c1-4-25-24(27-11-6-14-32-19-20-9-15-31-16-10-20)28-18-21-7-5-8-22(17-21)23(30)26-12-13-29(2)3;/h5,7-8,17,20H,4,6,9-16,18-19H2,1-3H3,(H,26,30)(H2,25,27,28);1H. The van der Waals surface area contributed by atoms with Crippen LogP contribution in [0.1, 0.15) is 42.1 Å². The number of hydrogen-bond donors (Lipinski definition) is 3. The van der Waals surface area contributed by atoms with Gasteiger partial charge >= 0.3 is 0 Å². The Morgan fingerprint density at radius 3 is 2.70 bits per heavy atom. The Labute approximate surface area is 216 Å². The number of amides is 1. The van der Waals surface area contributed by atoms with Gasteiger partial charge in [0, 0.05) is 58.2 Å². The molecule has 1 heterocycles. The molecule has 0 aliphatic carbocycles. The molecular weight excluding hydrogens is 533 g/mol. The van der Waals surface area contributed by atoms with Crippen LogP contribution in [0.4, 0.5) is 0 Å². The van der Waals surface area contributed by atoms with E-state index in [4.69, 9.17) is 9.47 Å². The third kappa shape index (κ3) is 13.1. The topological polar surface area (TPSA) is 87.2 Å². The van der Waals surface area contributed by atoms with Gasteiger partial charge in [0.15, 0.2) is 5.96 Å². The summed E-state index contributed by atoms with van der Waals surface area (Å²) in [7, 11) is 3.97. The zero-order valence-electron chi connectivity index (χ0n) is 20.4. The van der Waals surface area contributed by atoms with Gasteiger partial charge in [-0.2, -0.15) is 0 Å². The molecular formula is C24H42IN5O3. The van der Waals surface area contributed by atoms with E-state index in [0.29, 0.717) is 24.6 Å². The van der Waals surface area contributed by atoms with E-state index in [1.807, 2.05) is 50.2 Å². The average Bonchev–Trinajstić information content (AvgIpc) is 2.80. The molecule has 1 aliphatic rings. The maximum atomic E-state index is 12.3. The molecule has 3 N–H and O–H groups in total. The van der Waals surface area contributed by atoms with E-state index in [1.165, 1.54) is 0 Å². The van der Waals surface area contributed by atoms with Crippen molar-refractivity contribution in [1.82, 2.24) is 20.9 Å². The van der Waals surface area contributed by atoms with E-state index in [1.54, 1.807) is 0 Å². The Bertz CT molecular complexity index is 696. The van der Waals surface area contributed by atoms with Crippen LogP contribution in [-0.2, 0) is 16.0 Å². The van der Waals surface area contributed by atoms with Gasteiger partial charge in [-0.25, -0.2) is 4.99 Å². The third-order valence-electron chi connectivity index (χ3n) is 5.25. The van der Waals surface area contributed by atoms with Gasteiger partial charge in [-0.1, -0.05) is 12.1 Å². The normalized spacial score (nSPS) is 14.6. The molecule has 0 spiro atoms. The minimum atomic E-state index is -0.0523. The van der Waals surface area contributed by atoms with Crippen molar-refractivity contribution in [2.75, 3.05) is 66.7 Å². The van der Waals surface area contributed by atoms with Crippen LogP contribution in [0.5, 0.6) is 0 Å². The predicted molar refractivity (Wildman–Crippen MR) is 145 cm³/mol. The van der Waals surface area contributed by atoms with E-state index in [9.17, 15) is 4.79 Å². The van der Waals surface area contributed by atoms with E-state index in [-0.39, 0.29) is 29.9 Å². The van der Waals surface area contributed by atoms with Gasteiger partial charge in [0.05, 0.1) is 6.54 Å². The summed E-state index contributed by atoms with van der Waals surface area (Å²) in [6, 6.07) is 7.64. The van der Waals surface area contributed by atoms with Crippen LogP contribution in [0.25, 0.3) is 0 Å². The van der Waals surface area contributed by atoms with Crippen molar-refractivity contribution >= 4 is 35.8 Å². The molecule has 1 fully saturated rings. The highest BCUT2D eigenvalue weighted by atomic mass is 127. The molecule has 0 saturated carbocycles. The van der Waals surface area contributed by atoms with Gasteiger partial charge in [0.1, 0.15) is 0 Å². The molecule has 1 aromatic carbocycles. The largest absolute Gasteiger partial charge is 0.381 e. The number of nitrogens with zero attached hydrogens (tertiary/aromatic N) is 2. The van der Waals surface area contributed by atoms with E-state index < -0.39 is 0 Å². The first-order valence-corrected chi connectivity index (χ1v) is 11.8. The lowest BCUT2D eigenvalue weighted by molar-refractivity contribution is 0.0203. The molecule has 1 aliphatic heterocycles. The summed E-state index contributed by atoms with van der Waals surface area (Å²) in [6.45, 7) is 8.89. The van der Waals surface area contributed by atoms with Crippen LogP contribution in [0.15, 0.2) is 29.3 Å². The lowest BCUT2D eigenvalue weighted by atomic mass is 10.0. The van der Waals surface area contributed by atoms with E-state index in [2.05, 4.69) is 20.9 Å². The van der Waals surface area contributed by atoms with Crippen molar-refractivity contribution in [2.24, 2.45) is 10.9 Å². The molecule has 0 atom stereocenters. The van der Waals surface area contributed by atoms with Gasteiger partial charge in [0.2, 0.25) is 0 Å². The van der Waals surface area contributed by atoms with E-state index >= 15 is 0 Å². The molecule has 1 aromatic rings. The summed E-state index contributed by atoms with van der Waals surface area (Å²) in [4.78, 5) is 19.0. The Morgan fingerprint density at radius 1 is 1.18 bits per heavy atom. The summed E-state index contributed by atoms with van der Waals surface area (Å²) in [5.74, 6) is 1.36. The number of guanidine groups is 1. The number of rotatable bonds is 13. The molecule has 0 unspecified atom stereocenters. The number of aliphatic imine (C=N–C) groups is 1. The molecule has 188 valence electrons. The molecule has 9 heteroatoms. The fraction of sp³-hybridized carbons (Fsp3) is 0.667. The predicted octanol–water partition coefficient (Wildman–Crippen LogP) is 2.48. The van der Waals surface area contributed by atoms with Crippen LogP contribution in [-0.4, -0.2) is 83.5 Å². The molecule has 33 heavy (non-hydrogen) atoms. The van der Waals surface area contributed by atoms with Crippen molar-refractivity contribution in [3.05, 3.63) is 35.4 Å². The SMILES string of the molecule is CCNC(=NCc1cccc(C(=O)NCCN(C)C)c1)NCCCOCC1CCOCC1.I. The van der Waals surface area contributed by atoms with Gasteiger partial charge in [-0.05, 0) is 63.9 Å². The second-order valence-electron chi connectivity index (χ2n) is 8.37. The second-order valence-corrected chi connectivity index (χ2v) is 8.37. The van der Waals surface area contributed by atoms with Crippen molar-refractivity contribution < 1.29 is 14.3 Å². The molecule has 0 radical (unpaired) electrons. The second kappa shape index (κ2) is 18.0. The highest BCUT2D eigenvalue weighted by Gasteiger charge is 2.13. The first kappa shape index (κ1) is 29.6. The van der Waals surface area contributed by atoms with Gasteiger partial charge < -0.3 is 30.3 Å². The summed E-state index contributed by atoms with van der Waals surface area (Å²) in [6.07, 6.45) is 3.14. The molecule has 1 saturated heterocycles.